The van der Waals surface area contributed by atoms with Gasteiger partial charge >= 0.3 is 0 Å². The van der Waals surface area contributed by atoms with E-state index in [1.165, 1.54) is 25.7 Å². The second-order valence-electron chi connectivity index (χ2n) is 6.81. The van der Waals surface area contributed by atoms with Gasteiger partial charge in [0, 0.05) is 17.8 Å². The summed E-state index contributed by atoms with van der Waals surface area (Å²) in [7, 11) is 0. The number of aromatic nitrogens is 3. The van der Waals surface area contributed by atoms with E-state index in [1.807, 2.05) is 12.4 Å². The first kappa shape index (κ1) is 12.9. The minimum atomic E-state index is 0.124. The maximum Gasteiger partial charge on any atom is 0.154 e. The second-order valence-corrected chi connectivity index (χ2v) is 7.17. The molecule has 19 heavy (non-hydrogen) atoms. The second kappa shape index (κ2) is 4.20. The van der Waals surface area contributed by atoms with Gasteiger partial charge in [-0.15, -0.1) is 0 Å². The molecule has 102 valence electrons. The van der Waals surface area contributed by atoms with Gasteiger partial charge in [-0.25, -0.2) is 9.97 Å². The van der Waals surface area contributed by atoms with Crippen molar-refractivity contribution in [2.75, 3.05) is 0 Å². The van der Waals surface area contributed by atoms with Crippen LogP contribution in [0.4, 0.5) is 0 Å². The third-order valence-electron chi connectivity index (χ3n) is 4.40. The van der Waals surface area contributed by atoms with Crippen molar-refractivity contribution in [1.82, 2.24) is 14.4 Å². The summed E-state index contributed by atoms with van der Waals surface area (Å²) in [5.74, 6) is 1.12. The zero-order valence-electron chi connectivity index (χ0n) is 11.8. The minimum Gasteiger partial charge on any atom is -0.299 e. The summed E-state index contributed by atoms with van der Waals surface area (Å²) in [5.41, 5.74) is 1.41. The number of imidazole rings is 1. The fourth-order valence-corrected chi connectivity index (χ4v) is 3.92. The molecule has 1 fully saturated rings. The first-order valence-corrected chi connectivity index (χ1v) is 7.27. The highest BCUT2D eigenvalue weighted by molar-refractivity contribution is 6.32. The van der Waals surface area contributed by atoms with E-state index in [-0.39, 0.29) is 5.41 Å². The monoisotopic (exact) mass is 277 g/mol. The van der Waals surface area contributed by atoms with Crippen molar-refractivity contribution >= 4 is 17.1 Å². The number of fused-ring (bicyclic) bond motifs is 1. The van der Waals surface area contributed by atoms with E-state index in [0.717, 1.165) is 11.3 Å². The predicted octanol–water partition coefficient (Wildman–Crippen LogP) is 4.24. The van der Waals surface area contributed by atoms with Gasteiger partial charge in [0.15, 0.2) is 5.15 Å². The quantitative estimate of drug-likeness (QED) is 0.780. The lowest BCUT2D eigenvalue weighted by molar-refractivity contribution is 0.153. The number of nitrogens with zero attached hydrogens (tertiary/aromatic N) is 3. The van der Waals surface area contributed by atoms with Crippen molar-refractivity contribution in [2.45, 2.75) is 51.9 Å². The molecule has 0 aliphatic heterocycles. The maximum absolute atomic E-state index is 6.14. The number of halogens is 1. The van der Waals surface area contributed by atoms with Gasteiger partial charge in [0.2, 0.25) is 0 Å². The molecule has 0 saturated heterocycles. The summed E-state index contributed by atoms with van der Waals surface area (Å²) in [6.45, 7) is 7.04. The Morgan fingerprint density at radius 3 is 2.74 bits per heavy atom. The summed E-state index contributed by atoms with van der Waals surface area (Å²) in [5, 5.41) is 0.528. The van der Waals surface area contributed by atoms with E-state index < -0.39 is 0 Å². The van der Waals surface area contributed by atoms with Crippen molar-refractivity contribution in [2.24, 2.45) is 5.41 Å². The lowest BCUT2D eigenvalue weighted by Gasteiger charge is -2.42. The first-order chi connectivity index (χ1) is 8.91. The SMILES string of the molecule is CC1(C)CCCC(C)(c2ncc3c(Cl)nccn23)C1. The summed E-state index contributed by atoms with van der Waals surface area (Å²) in [4.78, 5) is 8.78. The summed E-state index contributed by atoms with van der Waals surface area (Å²) in [6.07, 6.45) is 10.5. The third-order valence-corrected chi connectivity index (χ3v) is 4.69. The normalized spacial score (nSPS) is 26.7. The van der Waals surface area contributed by atoms with E-state index in [1.54, 1.807) is 6.20 Å². The molecule has 3 nitrogen and oxygen atoms in total. The van der Waals surface area contributed by atoms with Crippen LogP contribution in [0.25, 0.3) is 5.52 Å². The van der Waals surface area contributed by atoms with E-state index in [2.05, 4.69) is 35.1 Å². The maximum atomic E-state index is 6.14. The molecule has 1 aliphatic rings. The molecule has 0 radical (unpaired) electrons. The van der Waals surface area contributed by atoms with Crippen molar-refractivity contribution in [3.63, 3.8) is 0 Å². The standard InChI is InChI=1S/C15H20ClN3/c1-14(2)5-4-6-15(3,10-14)13-18-9-11-12(16)17-7-8-19(11)13/h7-9H,4-6,10H2,1-3H3. The predicted molar refractivity (Wildman–Crippen MR) is 77.6 cm³/mol. The van der Waals surface area contributed by atoms with Gasteiger partial charge in [-0.2, -0.15) is 0 Å². The van der Waals surface area contributed by atoms with E-state index in [4.69, 9.17) is 11.6 Å². The van der Waals surface area contributed by atoms with E-state index in [9.17, 15) is 0 Å². The molecular weight excluding hydrogens is 258 g/mol. The molecule has 0 aromatic carbocycles. The molecule has 4 heteroatoms. The Balaban J connectivity index is 2.11. The zero-order chi connectivity index (χ0) is 13.7. The lowest BCUT2D eigenvalue weighted by Crippen LogP contribution is -2.35. The van der Waals surface area contributed by atoms with Crippen LogP contribution < -0.4 is 0 Å². The molecule has 3 rings (SSSR count). The average molecular weight is 278 g/mol. The van der Waals surface area contributed by atoms with E-state index in [0.29, 0.717) is 10.6 Å². The summed E-state index contributed by atoms with van der Waals surface area (Å²) >= 11 is 6.14. The van der Waals surface area contributed by atoms with Crippen LogP contribution in [0, 0.1) is 5.41 Å². The highest BCUT2D eigenvalue weighted by Gasteiger charge is 2.40. The smallest absolute Gasteiger partial charge is 0.154 e. The Hall–Kier alpha value is -1.09. The minimum absolute atomic E-state index is 0.124. The average Bonchev–Trinajstić information content (AvgIpc) is 2.73. The highest BCUT2D eigenvalue weighted by Crippen LogP contribution is 2.47. The van der Waals surface area contributed by atoms with Crippen molar-refractivity contribution in [3.8, 4) is 0 Å². The van der Waals surface area contributed by atoms with Gasteiger partial charge in [0.1, 0.15) is 11.3 Å². The summed E-state index contributed by atoms with van der Waals surface area (Å²) in [6, 6.07) is 0. The van der Waals surface area contributed by atoms with Crippen LogP contribution in [-0.2, 0) is 5.41 Å². The van der Waals surface area contributed by atoms with Crippen molar-refractivity contribution in [3.05, 3.63) is 29.6 Å². The van der Waals surface area contributed by atoms with Gasteiger partial charge in [-0.05, 0) is 24.7 Å². The molecular formula is C15H20ClN3. The number of hydrogen-bond donors (Lipinski definition) is 0. The van der Waals surface area contributed by atoms with E-state index >= 15 is 0 Å². The van der Waals surface area contributed by atoms with Gasteiger partial charge in [0.05, 0.1) is 6.20 Å². The summed E-state index contributed by atoms with van der Waals surface area (Å²) < 4.78 is 2.11. The molecule has 2 heterocycles. The number of rotatable bonds is 1. The van der Waals surface area contributed by atoms with Crippen LogP contribution in [0.2, 0.25) is 5.15 Å². The third kappa shape index (κ3) is 2.14. The van der Waals surface area contributed by atoms with Crippen LogP contribution >= 0.6 is 11.6 Å². The lowest BCUT2D eigenvalue weighted by atomic mass is 9.64. The molecule has 0 bridgehead atoms. The number of hydrogen-bond acceptors (Lipinski definition) is 2. The van der Waals surface area contributed by atoms with Gasteiger partial charge < -0.3 is 0 Å². The zero-order valence-corrected chi connectivity index (χ0v) is 12.5. The van der Waals surface area contributed by atoms with Gasteiger partial charge in [-0.1, -0.05) is 38.8 Å². The topological polar surface area (TPSA) is 30.2 Å². The Morgan fingerprint density at radius 2 is 2.00 bits per heavy atom. The molecule has 2 aromatic rings. The Bertz CT molecular complexity index is 617. The van der Waals surface area contributed by atoms with Crippen molar-refractivity contribution in [1.29, 1.82) is 0 Å². The van der Waals surface area contributed by atoms with Gasteiger partial charge in [0.25, 0.3) is 0 Å². The molecule has 1 saturated carbocycles. The molecule has 1 aliphatic carbocycles. The van der Waals surface area contributed by atoms with Crippen LogP contribution in [0.3, 0.4) is 0 Å². The first-order valence-electron chi connectivity index (χ1n) is 6.89. The molecule has 2 aromatic heterocycles. The van der Waals surface area contributed by atoms with Crippen LogP contribution in [0.1, 0.15) is 52.3 Å². The fourth-order valence-electron chi connectivity index (χ4n) is 3.72. The van der Waals surface area contributed by atoms with Crippen LogP contribution in [0.15, 0.2) is 18.6 Å². The Morgan fingerprint density at radius 1 is 1.21 bits per heavy atom. The molecule has 0 amide bonds. The molecule has 0 spiro atoms. The van der Waals surface area contributed by atoms with Crippen LogP contribution in [-0.4, -0.2) is 14.4 Å². The van der Waals surface area contributed by atoms with Crippen LogP contribution in [0.5, 0.6) is 0 Å². The molecule has 0 N–H and O–H groups in total. The Labute approximate surface area is 119 Å². The van der Waals surface area contributed by atoms with Gasteiger partial charge in [-0.3, -0.25) is 4.40 Å². The largest absolute Gasteiger partial charge is 0.299 e. The highest BCUT2D eigenvalue weighted by atomic mass is 35.5. The fraction of sp³-hybridized carbons (Fsp3) is 0.600. The molecule has 1 unspecified atom stereocenters. The van der Waals surface area contributed by atoms with Crippen molar-refractivity contribution < 1.29 is 0 Å². The molecule has 1 atom stereocenters. The Kier molecular flexibility index (Phi) is 2.86.